The maximum Gasteiger partial charge on any atom is 0.384 e. The van der Waals surface area contributed by atoms with E-state index >= 15 is 0 Å². The normalized spacial score (nSPS) is 18.9. The lowest BCUT2D eigenvalue weighted by atomic mass is 9.90. The molecule has 22 heteroatoms. The summed E-state index contributed by atoms with van der Waals surface area (Å²) in [4.78, 5) is 0. The molecule has 5 atom stereocenters. The van der Waals surface area contributed by atoms with E-state index in [1.165, 1.54) is 0 Å². The second kappa shape index (κ2) is 11.4. The van der Waals surface area contributed by atoms with E-state index in [1.807, 2.05) is 14.1 Å². The van der Waals surface area contributed by atoms with E-state index in [1.54, 1.807) is 0 Å². The van der Waals surface area contributed by atoms with Crippen LogP contribution in [0.15, 0.2) is 0 Å². The van der Waals surface area contributed by atoms with Crippen molar-refractivity contribution in [2.75, 3.05) is 14.1 Å². The van der Waals surface area contributed by atoms with Gasteiger partial charge in [-0.3, -0.25) is 4.55 Å². The molecule has 0 aliphatic heterocycles. The smallest absolute Gasteiger partial charge is 0.323 e. The van der Waals surface area contributed by atoms with E-state index < -0.39 is 76.3 Å². The van der Waals surface area contributed by atoms with Crippen LogP contribution >= 0.6 is 0 Å². The minimum atomic E-state index is -8.41. The van der Waals surface area contributed by atoms with Crippen LogP contribution in [-0.4, -0.2) is 93.3 Å². The van der Waals surface area contributed by atoms with E-state index in [9.17, 15) is 83.1 Å². The highest BCUT2D eigenvalue weighted by Gasteiger charge is 2.89. The quantitative estimate of drug-likeness (QED) is 0.270. The second-order valence-corrected chi connectivity index (χ2v) is 7.81. The van der Waals surface area contributed by atoms with Gasteiger partial charge in [-0.25, -0.2) is 30.7 Å². The van der Waals surface area contributed by atoms with Gasteiger partial charge in [0.25, 0.3) is 11.9 Å². The Bertz CT molecular complexity index is 777. The Morgan fingerprint density at radius 2 is 0.914 bits per heavy atom. The molecule has 0 saturated carbocycles. The summed E-state index contributed by atoms with van der Waals surface area (Å²) in [6.07, 6.45) is -25.0. The molecule has 2 N–H and O–H groups in total. The van der Waals surface area contributed by atoms with Crippen molar-refractivity contribution in [1.82, 2.24) is 5.32 Å². The Labute approximate surface area is 184 Å². The van der Waals surface area contributed by atoms with Gasteiger partial charge in [-0.05, 0) is 14.1 Å². The third-order valence-corrected chi connectivity index (χ3v) is 4.47. The Balaban J connectivity index is 0. The van der Waals surface area contributed by atoms with Crippen molar-refractivity contribution in [2.24, 2.45) is 0 Å². The summed E-state index contributed by atoms with van der Waals surface area (Å²) in [6.45, 7) is 0. The van der Waals surface area contributed by atoms with E-state index in [0.29, 0.717) is 0 Å². The van der Waals surface area contributed by atoms with Gasteiger partial charge < -0.3 is 5.32 Å². The van der Waals surface area contributed by atoms with Gasteiger partial charge in [-0.2, -0.15) is 52.3 Å². The van der Waals surface area contributed by atoms with Crippen molar-refractivity contribution in [2.45, 2.75) is 66.2 Å². The molecule has 0 aromatic carbocycles. The fourth-order valence-electron chi connectivity index (χ4n) is 1.79. The summed E-state index contributed by atoms with van der Waals surface area (Å²) in [5.41, 5.74) is -5.86. The molecule has 5 unspecified atom stereocenters. The third-order valence-electron chi connectivity index (χ3n) is 3.65. The lowest BCUT2D eigenvalue weighted by Gasteiger charge is -2.40. The van der Waals surface area contributed by atoms with Crippen molar-refractivity contribution in [1.29, 1.82) is 0 Å². The SMILES string of the molecule is CNC.O=S(=O)(O)C(F)C(F)(F)C(F)(F)C(F)(F)C(F)(F)C(F)(F)C(F)C(F)C(F)C(F)C(F)F. The van der Waals surface area contributed by atoms with Crippen molar-refractivity contribution >= 4 is 10.1 Å². The predicted octanol–water partition coefficient (Wildman–Crippen LogP) is 4.80. The molecular weight excluding hydrogens is 573 g/mol. The number of rotatable bonds is 11. The van der Waals surface area contributed by atoms with E-state index in [-0.39, 0.29) is 0 Å². The fraction of sp³-hybridized carbons (Fsp3) is 1.00. The molecular formula is C13H14F17NO3S. The summed E-state index contributed by atoms with van der Waals surface area (Å²) < 4.78 is 249. The lowest BCUT2D eigenvalue weighted by Crippen LogP contribution is -2.71. The molecule has 0 saturated heterocycles. The van der Waals surface area contributed by atoms with Crippen molar-refractivity contribution in [3.05, 3.63) is 0 Å². The van der Waals surface area contributed by atoms with Gasteiger partial charge >= 0.3 is 39.7 Å². The van der Waals surface area contributed by atoms with Crippen molar-refractivity contribution < 1.29 is 87.6 Å². The van der Waals surface area contributed by atoms with Gasteiger partial charge in [0.05, 0.1) is 0 Å². The maximum atomic E-state index is 13.4. The number of alkyl halides is 17. The average Bonchev–Trinajstić information content (AvgIpc) is 2.69. The molecule has 214 valence electrons. The molecule has 0 fully saturated rings. The Hall–Kier alpha value is -1.32. The predicted molar refractivity (Wildman–Crippen MR) is 81.8 cm³/mol. The fourth-order valence-corrected chi connectivity index (χ4v) is 2.32. The highest BCUT2D eigenvalue weighted by Crippen LogP contribution is 2.59. The third kappa shape index (κ3) is 6.52. The van der Waals surface area contributed by atoms with Crippen LogP contribution in [0.5, 0.6) is 0 Å². The summed E-state index contributed by atoms with van der Waals surface area (Å²) in [5.74, 6) is -40.3. The van der Waals surface area contributed by atoms with E-state index in [4.69, 9.17) is 4.55 Å². The monoisotopic (exact) mass is 587 g/mol. The van der Waals surface area contributed by atoms with Gasteiger partial charge in [0.15, 0.2) is 18.5 Å². The molecule has 0 spiro atoms. The molecule has 0 aliphatic carbocycles. The summed E-state index contributed by atoms with van der Waals surface area (Å²) in [5, 5.41) is 2.75. The van der Waals surface area contributed by atoms with E-state index in [0.717, 1.165) is 0 Å². The number of halogens is 17. The van der Waals surface area contributed by atoms with Crippen LogP contribution < -0.4 is 5.32 Å². The number of nitrogens with one attached hydrogen (secondary N) is 1. The molecule has 0 amide bonds. The summed E-state index contributed by atoms with van der Waals surface area (Å²) in [6, 6.07) is 0. The maximum absolute atomic E-state index is 13.4. The van der Waals surface area contributed by atoms with Crippen LogP contribution in [0.25, 0.3) is 0 Å². The zero-order chi connectivity index (χ0) is 29.2. The number of hydrogen-bond acceptors (Lipinski definition) is 3. The van der Waals surface area contributed by atoms with Crippen LogP contribution in [0.1, 0.15) is 0 Å². The molecule has 0 bridgehead atoms. The van der Waals surface area contributed by atoms with Crippen molar-refractivity contribution in [3.8, 4) is 0 Å². The topological polar surface area (TPSA) is 66.4 Å². The molecule has 0 aromatic rings. The zero-order valence-corrected chi connectivity index (χ0v) is 17.4. The minimum Gasteiger partial charge on any atom is -0.323 e. The minimum absolute atomic E-state index is 1.88. The van der Waals surface area contributed by atoms with Gasteiger partial charge in [0, 0.05) is 0 Å². The molecule has 0 aromatic heterocycles. The first-order valence-corrected chi connectivity index (χ1v) is 9.58. The van der Waals surface area contributed by atoms with Gasteiger partial charge in [-0.15, -0.1) is 0 Å². The molecule has 4 nitrogen and oxygen atoms in total. The van der Waals surface area contributed by atoms with Crippen LogP contribution in [-0.2, 0) is 10.1 Å². The van der Waals surface area contributed by atoms with Crippen LogP contribution in [0.3, 0.4) is 0 Å². The van der Waals surface area contributed by atoms with Gasteiger partial charge in [0.1, 0.15) is 0 Å². The molecule has 0 aliphatic rings. The second-order valence-electron chi connectivity index (χ2n) is 6.37. The first-order chi connectivity index (χ1) is 15.2. The summed E-state index contributed by atoms with van der Waals surface area (Å²) >= 11 is 0. The highest BCUT2D eigenvalue weighted by molar-refractivity contribution is 7.86. The van der Waals surface area contributed by atoms with Gasteiger partial charge in [0.2, 0.25) is 6.17 Å². The Kier molecular flexibility index (Phi) is 11.7. The molecule has 0 radical (unpaired) electrons. The first kappa shape index (κ1) is 35.8. The lowest BCUT2D eigenvalue weighted by molar-refractivity contribution is -0.412. The number of hydrogen-bond donors (Lipinski definition) is 2. The first-order valence-electron chi connectivity index (χ1n) is 8.08. The Morgan fingerprint density at radius 3 is 1.20 bits per heavy atom. The largest absolute Gasteiger partial charge is 0.384 e. The molecule has 0 rings (SSSR count). The molecule has 0 heterocycles. The standard InChI is InChI=1S/C11H7F17O3S.C2H7N/c12-1(3(14)5(16)17)2(13)4(15)7(19,20)9(23,24)11(27,28)10(25,26)8(21,22)6(18)32(29,30)31;1-3-2/h1-6H,(H,29,30,31);3H,1-2H3. The van der Waals surface area contributed by atoms with Crippen LogP contribution in [0.4, 0.5) is 74.6 Å². The zero-order valence-electron chi connectivity index (χ0n) is 16.6. The summed E-state index contributed by atoms with van der Waals surface area (Å²) in [7, 11) is -3.35. The van der Waals surface area contributed by atoms with Gasteiger partial charge in [-0.1, -0.05) is 0 Å². The highest BCUT2D eigenvalue weighted by atomic mass is 32.2. The average molecular weight is 587 g/mol. The Morgan fingerprint density at radius 1 is 0.600 bits per heavy atom. The van der Waals surface area contributed by atoms with E-state index in [2.05, 4.69) is 5.32 Å². The van der Waals surface area contributed by atoms with Crippen molar-refractivity contribution in [3.63, 3.8) is 0 Å². The van der Waals surface area contributed by atoms with Crippen LogP contribution in [0, 0.1) is 0 Å². The molecule has 35 heavy (non-hydrogen) atoms. The van der Waals surface area contributed by atoms with Crippen LogP contribution in [0.2, 0.25) is 0 Å².